The summed E-state index contributed by atoms with van der Waals surface area (Å²) in [5, 5.41) is 7.63. The monoisotopic (exact) mass is 671 g/mol. The minimum Gasteiger partial charge on any atom is -0.493 e. The number of halogens is 4. The fraction of sp³-hybridized carbons (Fsp3) is 0.222. The van der Waals surface area contributed by atoms with Crippen molar-refractivity contribution in [1.29, 1.82) is 0 Å². The van der Waals surface area contributed by atoms with Crippen LogP contribution in [0, 0.1) is 15.3 Å². The first-order chi connectivity index (χ1) is 18.1. The summed E-state index contributed by atoms with van der Waals surface area (Å²) in [7, 11) is 1.52. The topological polar surface area (TPSA) is 89.0 Å². The number of nitrogens with zero attached hydrogens (tertiary/aromatic N) is 1. The highest BCUT2D eigenvalue weighted by atomic mass is 127. The number of hydrogen-bond donors (Lipinski definition) is 2. The Balaban J connectivity index is 1.68. The highest BCUT2D eigenvalue weighted by Crippen LogP contribution is 2.35. The lowest BCUT2D eigenvalue weighted by molar-refractivity contribution is -0.123. The molecule has 0 radical (unpaired) electrons. The smallest absolute Gasteiger partial charge is 0.262 e. The maximum Gasteiger partial charge on any atom is 0.262 e. The first-order valence-electron chi connectivity index (χ1n) is 11.4. The summed E-state index contributed by atoms with van der Waals surface area (Å²) in [6, 6.07) is 13.3. The summed E-state index contributed by atoms with van der Waals surface area (Å²) >= 11 is 14.3. The van der Waals surface area contributed by atoms with Gasteiger partial charge in [-0.1, -0.05) is 55.2 Å². The lowest BCUT2D eigenvalue weighted by Gasteiger charge is -2.20. The number of benzene rings is 3. The Bertz CT molecular complexity index is 1350. The molecule has 3 aromatic rings. The molecule has 0 aliphatic rings. The molecule has 1 unspecified atom stereocenters. The number of ether oxygens (including phenoxy) is 2. The third-order valence-electron chi connectivity index (χ3n) is 5.38. The molecule has 0 aliphatic heterocycles. The molecule has 3 rings (SSSR count). The molecule has 3 aromatic carbocycles. The standard InChI is InChI=1S/C27H25Cl2FIN3O4/c1-15(2)24(33-26(35)19-6-4-5-7-21(19)30)27(36)34-32-13-16-10-22(31)25(23(11-16)37-3)38-14-17-8-9-18(28)12-20(17)29/h4-13,15,24H,14H2,1-3H3,(H,33,35)(H,34,36)/b32-13+. The van der Waals surface area contributed by atoms with Crippen LogP contribution in [0.25, 0.3) is 0 Å². The van der Waals surface area contributed by atoms with Gasteiger partial charge in [-0.15, -0.1) is 0 Å². The molecule has 2 amide bonds. The molecular formula is C27H25Cl2FIN3O4. The van der Waals surface area contributed by atoms with E-state index in [1.165, 1.54) is 31.5 Å². The molecule has 200 valence electrons. The van der Waals surface area contributed by atoms with Gasteiger partial charge in [0.05, 0.1) is 22.5 Å². The number of carbonyl (C=O) groups is 2. The van der Waals surface area contributed by atoms with E-state index < -0.39 is 23.7 Å². The summed E-state index contributed by atoms with van der Waals surface area (Å²) < 4.78 is 26.2. The summed E-state index contributed by atoms with van der Waals surface area (Å²) in [5.74, 6) is -1.17. The largest absolute Gasteiger partial charge is 0.493 e. The summed E-state index contributed by atoms with van der Waals surface area (Å²) in [4.78, 5) is 25.2. The number of methoxy groups -OCH3 is 1. The van der Waals surface area contributed by atoms with Gasteiger partial charge in [-0.3, -0.25) is 9.59 Å². The average Bonchev–Trinajstić information content (AvgIpc) is 2.87. The Morgan fingerprint density at radius 3 is 2.53 bits per heavy atom. The van der Waals surface area contributed by atoms with Crippen LogP contribution in [0.2, 0.25) is 10.0 Å². The summed E-state index contributed by atoms with van der Waals surface area (Å²) in [5.41, 5.74) is 3.70. The van der Waals surface area contributed by atoms with Gasteiger partial charge in [-0.05, 0) is 70.5 Å². The molecule has 0 spiro atoms. The van der Waals surface area contributed by atoms with Crippen molar-refractivity contribution in [1.82, 2.24) is 10.7 Å². The van der Waals surface area contributed by atoms with E-state index in [-0.39, 0.29) is 18.1 Å². The highest BCUT2D eigenvalue weighted by Gasteiger charge is 2.25. The van der Waals surface area contributed by atoms with Crippen molar-refractivity contribution in [2.45, 2.75) is 26.5 Å². The molecule has 38 heavy (non-hydrogen) atoms. The van der Waals surface area contributed by atoms with Crippen molar-refractivity contribution in [3.8, 4) is 11.5 Å². The van der Waals surface area contributed by atoms with Crippen LogP contribution >= 0.6 is 45.8 Å². The Kier molecular flexibility index (Phi) is 10.7. The predicted molar refractivity (Wildman–Crippen MR) is 155 cm³/mol. The SMILES string of the molecule is COc1cc(/C=N/NC(=O)C(NC(=O)c2ccccc2F)C(C)C)cc(I)c1OCc1ccc(Cl)cc1Cl. The predicted octanol–water partition coefficient (Wildman–Crippen LogP) is 6.23. The number of hydrogen-bond acceptors (Lipinski definition) is 5. The van der Waals surface area contributed by atoms with Crippen LogP contribution in [0.4, 0.5) is 4.39 Å². The van der Waals surface area contributed by atoms with Crippen molar-refractivity contribution in [3.63, 3.8) is 0 Å². The lowest BCUT2D eigenvalue weighted by Crippen LogP contribution is -2.48. The van der Waals surface area contributed by atoms with Crippen LogP contribution in [-0.2, 0) is 11.4 Å². The molecule has 0 aliphatic carbocycles. The highest BCUT2D eigenvalue weighted by molar-refractivity contribution is 14.1. The molecule has 0 saturated carbocycles. The van der Waals surface area contributed by atoms with E-state index in [4.69, 9.17) is 32.7 Å². The average molecular weight is 672 g/mol. The number of carbonyl (C=O) groups excluding carboxylic acids is 2. The van der Waals surface area contributed by atoms with Gasteiger partial charge in [0.1, 0.15) is 18.5 Å². The van der Waals surface area contributed by atoms with Crippen LogP contribution < -0.4 is 20.2 Å². The normalized spacial score (nSPS) is 11.9. The lowest BCUT2D eigenvalue weighted by atomic mass is 10.0. The Morgan fingerprint density at radius 2 is 1.87 bits per heavy atom. The van der Waals surface area contributed by atoms with Gasteiger partial charge in [0.2, 0.25) is 0 Å². The third-order valence-corrected chi connectivity index (χ3v) is 6.77. The van der Waals surface area contributed by atoms with Gasteiger partial charge in [0, 0.05) is 15.6 Å². The summed E-state index contributed by atoms with van der Waals surface area (Å²) in [6.07, 6.45) is 1.44. The van der Waals surface area contributed by atoms with Crippen molar-refractivity contribution in [2.75, 3.05) is 7.11 Å². The van der Waals surface area contributed by atoms with Crippen LogP contribution in [0.5, 0.6) is 11.5 Å². The van der Waals surface area contributed by atoms with Gasteiger partial charge >= 0.3 is 0 Å². The zero-order valence-electron chi connectivity index (χ0n) is 20.7. The number of nitrogens with one attached hydrogen (secondary N) is 2. The molecule has 1 atom stereocenters. The van der Waals surface area contributed by atoms with E-state index in [9.17, 15) is 14.0 Å². The van der Waals surface area contributed by atoms with Crippen LogP contribution in [0.15, 0.2) is 59.7 Å². The maximum absolute atomic E-state index is 14.0. The Labute approximate surface area is 243 Å². The zero-order valence-corrected chi connectivity index (χ0v) is 24.4. The molecule has 7 nitrogen and oxygen atoms in total. The van der Waals surface area contributed by atoms with Gasteiger partial charge in [0.25, 0.3) is 11.8 Å². The molecule has 0 saturated heterocycles. The van der Waals surface area contributed by atoms with Crippen LogP contribution in [-0.4, -0.2) is 31.2 Å². The van der Waals surface area contributed by atoms with E-state index in [1.807, 2.05) is 0 Å². The molecule has 2 N–H and O–H groups in total. The van der Waals surface area contributed by atoms with Crippen molar-refractivity contribution in [3.05, 3.63) is 90.7 Å². The maximum atomic E-state index is 14.0. The summed E-state index contributed by atoms with van der Waals surface area (Å²) in [6.45, 7) is 3.73. The minimum absolute atomic E-state index is 0.142. The second kappa shape index (κ2) is 13.8. The van der Waals surface area contributed by atoms with Crippen LogP contribution in [0.3, 0.4) is 0 Å². The first kappa shape index (κ1) is 29.7. The minimum atomic E-state index is -0.926. The Hall–Kier alpha value is -2.89. The van der Waals surface area contributed by atoms with E-state index in [1.54, 1.807) is 50.2 Å². The van der Waals surface area contributed by atoms with E-state index in [0.717, 1.165) is 9.13 Å². The molecular weight excluding hydrogens is 647 g/mol. The Morgan fingerprint density at radius 1 is 1.13 bits per heavy atom. The van der Waals surface area contributed by atoms with Crippen molar-refractivity contribution in [2.24, 2.45) is 11.0 Å². The number of hydrazone groups is 1. The van der Waals surface area contributed by atoms with Crippen molar-refractivity contribution >= 4 is 63.8 Å². The van der Waals surface area contributed by atoms with Gasteiger partial charge in [-0.2, -0.15) is 5.10 Å². The van der Waals surface area contributed by atoms with E-state index in [2.05, 4.69) is 38.4 Å². The molecule has 0 fully saturated rings. The van der Waals surface area contributed by atoms with Crippen LogP contribution in [0.1, 0.15) is 35.3 Å². The first-order valence-corrected chi connectivity index (χ1v) is 13.3. The fourth-order valence-electron chi connectivity index (χ4n) is 3.38. The second-order valence-electron chi connectivity index (χ2n) is 8.47. The number of rotatable bonds is 10. The van der Waals surface area contributed by atoms with E-state index in [0.29, 0.717) is 27.1 Å². The van der Waals surface area contributed by atoms with Crippen molar-refractivity contribution < 1.29 is 23.5 Å². The zero-order chi connectivity index (χ0) is 27.8. The van der Waals surface area contributed by atoms with Gasteiger partial charge < -0.3 is 14.8 Å². The van der Waals surface area contributed by atoms with Gasteiger partial charge in [-0.25, -0.2) is 9.82 Å². The van der Waals surface area contributed by atoms with E-state index >= 15 is 0 Å². The quantitative estimate of drug-likeness (QED) is 0.152. The number of amides is 2. The molecule has 0 bridgehead atoms. The second-order valence-corrected chi connectivity index (χ2v) is 10.5. The third kappa shape index (κ3) is 7.81. The van der Waals surface area contributed by atoms with Gasteiger partial charge in [0.15, 0.2) is 11.5 Å². The molecule has 0 aromatic heterocycles. The fourth-order valence-corrected chi connectivity index (χ4v) is 4.63. The molecule has 0 heterocycles. The molecule has 11 heteroatoms.